The maximum absolute atomic E-state index is 13.6. The molecule has 1 saturated heterocycles. The Morgan fingerprint density at radius 1 is 1.13 bits per heavy atom. The maximum atomic E-state index is 13.6. The summed E-state index contributed by atoms with van der Waals surface area (Å²) in [5, 5.41) is 9.34. The smallest absolute Gasteiger partial charge is 0.416 e. The van der Waals surface area contributed by atoms with Crippen molar-refractivity contribution in [2.75, 3.05) is 16.3 Å². The molecular formula is C23H23F3N2O3. The normalized spacial score (nSPS) is 19.9. The van der Waals surface area contributed by atoms with Gasteiger partial charge in [0.1, 0.15) is 6.04 Å². The number of carbonyl (C=O) groups is 2. The van der Waals surface area contributed by atoms with Gasteiger partial charge in [-0.25, -0.2) is 4.79 Å². The van der Waals surface area contributed by atoms with Crippen molar-refractivity contribution in [3.05, 3.63) is 53.6 Å². The Kier molecular flexibility index (Phi) is 4.98. The molecule has 0 spiro atoms. The predicted molar refractivity (Wildman–Crippen MR) is 111 cm³/mol. The molecule has 1 fully saturated rings. The van der Waals surface area contributed by atoms with Gasteiger partial charge in [0.2, 0.25) is 5.91 Å². The van der Waals surface area contributed by atoms with Crippen molar-refractivity contribution < 1.29 is 27.9 Å². The molecule has 0 saturated carbocycles. The lowest BCUT2D eigenvalue weighted by atomic mass is 9.76. The fourth-order valence-electron chi connectivity index (χ4n) is 4.68. The second-order valence-electron chi connectivity index (χ2n) is 8.02. The van der Waals surface area contributed by atoms with Gasteiger partial charge < -0.3 is 10.0 Å². The zero-order valence-electron chi connectivity index (χ0n) is 17.2. The number of aliphatic carboxylic acids is 1. The lowest BCUT2D eigenvalue weighted by Gasteiger charge is -2.40. The number of amides is 1. The summed E-state index contributed by atoms with van der Waals surface area (Å²) in [6.07, 6.45) is -3.21. The Morgan fingerprint density at radius 3 is 2.35 bits per heavy atom. The van der Waals surface area contributed by atoms with E-state index >= 15 is 0 Å². The van der Waals surface area contributed by atoms with Crippen molar-refractivity contribution in [2.45, 2.75) is 50.7 Å². The molecule has 2 aromatic carbocycles. The molecule has 0 radical (unpaired) electrons. The van der Waals surface area contributed by atoms with Gasteiger partial charge >= 0.3 is 12.1 Å². The van der Waals surface area contributed by atoms with Crippen molar-refractivity contribution >= 4 is 28.9 Å². The zero-order chi connectivity index (χ0) is 22.6. The van der Waals surface area contributed by atoms with Crippen LogP contribution in [0, 0.1) is 0 Å². The molecule has 0 aromatic heterocycles. The molecule has 1 N–H and O–H groups in total. The van der Waals surface area contributed by atoms with Gasteiger partial charge in [-0.3, -0.25) is 9.69 Å². The van der Waals surface area contributed by atoms with E-state index in [4.69, 9.17) is 0 Å². The minimum absolute atomic E-state index is 0.262. The summed E-state index contributed by atoms with van der Waals surface area (Å²) in [6, 6.07) is 9.81. The molecule has 8 heteroatoms. The molecule has 164 valence electrons. The summed E-state index contributed by atoms with van der Waals surface area (Å²) >= 11 is 0. The number of alkyl halides is 3. The minimum Gasteiger partial charge on any atom is -0.480 e. The SMILES string of the molecule is CCC1(CC)C(=O)N(c2cccc(N3CCC3C(=O)O)c2)c2ccc(C(F)(F)F)cc21. The molecule has 0 aliphatic carbocycles. The van der Waals surface area contributed by atoms with E-state index in [0.29, 0.717) is 48.4 Å². The van der Waals surface area contributed by atoms with E-state index in [1.54, 1.807) is 29.2 Å². The molecule has 31 heavy (non-hydrogen) atoms. The number of carboxylic acids is 1. The summed E-state index contributed by atoms with van der Waals surface area (Å²) in [4.78, 5) is 28.2. The van der Waals surface area contributed by atoms with E-state index < -0.39 is 29.2 Å². The molecule has 5 nitrogen and oxygen atoms in total. The summed E-state index contributed by atoms with van der Waals surface area (Å²) in [5.74, 6) is -1.17. The fourth-order valence-corrected chi connectivity index (χ4v) is 4.68. The van der Waals surface area contributed by atoms with Gasteiger partial charge in [-0.1, -0.05) is 19.9 Å². The van der Waals surface area contributed by atoms with Crippen LogP contribution in [-0.2, 0) is 21.2 Å². The number of carboxylic acid groups (broad SMARTS) is 1. The van der Waals surface area contributed by atoms with E-state index in [1.165, 1.54) is 11.0 Å². The van der Waals surface area contributed by atoms with E-state index in [-0.39, 0.29) is 5.91 Å². The van der Waals surface area contributed by atoms with Gasteiger partial charge in [0.25, 0.3) is 0 Å². The molecule has 1 amide bonds. The Labute approximate surface area is 178 Å². The quantitative estimate of drug-likeness (QED) is 0.714. The molecule has 2 aromatic rings. The molecule has 0 bridgehead atoms. The van der Waals surface area contributed by atoms with E-state index in [0.717, 1.165) is 12.1 Å². The van der Waals surface area contributed by atoms with E-state index in [1.807, 2.05) is 13.8 Å². The van der Waals surface area contributed by atoms with Crippen LogP contribution in [0.15, 0.2) is 42.5 Å². The highest BCUT2D eigenvalue weighted by molar-refractivity contribution is 6.13. The summed E-state index contributed by atoms with van der Waals surface area (Å²) < 4.78 is 40.1. The zero-order valence-corrected chi connectivity index (χ0v) is 17.2. The van der Waals surface area contributed by atoms with Crippen LogP contribution in [0.1, 0.15) is 44.2 Å². The first-order valence-corrected chi connectivity index (χ1v) is 10.3. The lowest BCUT2D eigenvalue weighted by Crippen LogP contribution is -2.52. The summed E-state index contributed by atoms with van der Waals surface area (Å²) in [6.45, 7) is 4.21. The molecule has 2 aliphatic heterocycles. The molecule has 4 rings (SSSR count). The van der Waals surface area contributed by atoms with E-state index in [2.05, 4.69) is 0 Å². The Balaban J connectivity index is 1.81. The predicted octanol–water partition coefficient (Wildman–Crippen LogP) is 5.10. The number of benzene rings is 2. The largest absolute Gasteiger partial charge is 0.480 e. The van der Waals surface area contributed by atoms with Crippen molar-refractivity contribution in [3.63, 3.8) is 0 Å². The average Bonchev–Trinajstić information content (AvgIpc) is 2.93. The van der Waals surface area contributed by atoms with Gasteiger partial charge in [-0.15, -0.1) is 0 Å². The van der Waals surface area contributed by atoms with Crippen LogP contribution in [0.5, 0.6) is 0 Å². The third kappa shape index (κ3) is 3.16. The first-order valence-electron chi connectivity index (χ1n) is 10.3. The molecule has 1 atom stereocenters. The van der Waals surface area contributed by atoms with Crippen LogP contribution < -0.4 is 9.80 Å². The fraction of sp³-hybridized carbons (Fsp3) is 0.391. The second-order valence-corrected chi connectivity index (χ2v) is 8.02. The number of fused-ring (bicyclic) bond motifs is 1. The topological polar surface area (TPSA) is 60.9 Å². The highest BCUT2D eigenvalue weighted by Gasteiger charge is 2.50. The number of carbonyl (C=O) groups excluding carboxylic acids is 1. The average molecular weight is 432 g/mol. The third-order valence-electron chi connectivity index (χ3n) is 6.62. The Morgan fingerprint density at radius 2 is 1.81 bits per heavy atom. The first kappa shape index (κ1) is 21.2. The number of nitrogens with zero attached hydrogens (tertiary/aromatic N) is 2. The molecule has 1 unspecified atom stereocenters. The highest BCUT2D eigenvalue weighted by atomic mass is 19.4. The van der Waals surface area contributed by atoms with Crippen molar-refractivity contribution in [1.29, 1.82) is 0 Å². The summed E-state index contributed by atoms with van der Waals surface area (Å²) in [7, 11) is 0. The number of hydrogen-bond acceptors (Lipinski definition) is 3. The standard InChI is InChI=1S/C23H23F3N2O3/c1-3-22(4-2)17-12-14(23(24,25)26)8-9-18(17)28(21(22)31)16-7-5-6-15(13-16)27-11-10-19(27)20(29)30/h5-9,12-13,19H,3-4,10-11H2,1-2H3,(H,29,30). The number of rotatable bonds is 5. The molecule has 2 heterocycles. The van der Waals surface area contributed by atoms with Crippen LogP contribution in [0.2, 0.25) is 0 Å². The van der Waals surface area contributed by atoms with Gasteiger partial charge in [0.05, 0.1) is 22.4 Å². The minimum atomic E-state index is -4.50. The monoisotopic (exact) mass is 432 g/mol. The maximum Gasteiger partial charge on any atom is 0.416 e. The van der Waals surface area contributed by atoms with E-state index in [9.17, 15) is 27.9 Å². The van der Waals surface area contributed by atoms with Crippen LogP contribution in [-0.4, -0.2) is 29.6 Å². The van der Waals surface area contributed by atoms with Crippen molar-refractivity contribution in [2.24, 2.45) is 0 Å². The van der Waals surface area contributed by atoms with Crippen LogP contribution in [0.25, 0.3) is 0 Å². The van der Waals surface area contributed by atoms with Crippen LogP contribution in [0.4, 0.5) is 30.2 Å². The highest BCUT2D eigenvalue weighted by Crippen LogP contribution is 2.51. The summed E-state index contributed by atoms with van der Waals surface area (Å²) in [5.41, 5.74) is 0.205. The van der Waals surface area contributed by atoms with Gasteiger partial charge in [-0.05, 0) is 61.2 Å². The van der Waals surface area contributed by atoms with Gasteiger partial charge in [0.15, 0.2) is 0 Å². The van der Waals surface area contributed by atoms with Crippen molar-refractivity contribution in [1.82, 2.24) is 0 Å². The number of anilines is 3. The molecular weight excluding hydrogens is 409 g/mol. The Bertz CT molecular complexity index is 1050. The number of halogens is 3. The molecule has 2 aliphatic rings. The number of hydrogen-bond donors (Lipinski definition) is 1. The second kappa shape index (κ2) is 7.28. The van der Waals surface area contributed by atoms with Crippen LogP contribution >= 0.6 is 0 Å². The van der Waals surface area contributed by atoms with Gasteiger partial charge in [-0.2, -0.15) is 13.2 Å². The lowest BCUT2D eigenvalue weighted by molar-refractivity contribution is -0.140. The van der Waals surface area contributed by atoms with Gasteiger partial charge in [0, 0.05) is 12.2 Å². The first-order chi connectivity index (χ1) is 14.6. The van der Waals surface area contributed by atoms with Crippen molar-refractivity contribution in [3.8, 4) is 0 Å². The Hall–Kier alpha value is -3.03. The third-order valence-corrected chi connectivity index (χ3v) is 6.62. The van der Waals surface area contributed by atoms with Crippen LogP contribution in [0.3, 0.4) is 0 Å².